The highest BCUT2D eigenvalue weighted by molar-refractivity contribution is 7.95. The smallest absolute Gasteiger partial charge is 0.192 e. The molecule has 124 valence electrons. The third kappa shape index (κ3) is 3.87. The Morgan fingerprint density at radius 1 is 0.750 bits per heavy atom. The van der Waals surface area contributed by atoms with E-state index in [1.54, 1.807) is 0 Å². The van der Waals surface area contributed by atoms with Crippen LogP contribution in [0, 0.1) is 0 Å². The molecule has 0 saturated carbocycles. The van der Waals surface area contributed by atoms with Crippen molar-refractivity contribution in [2.75, 3.05) is 6.16 Å². The molecule has 0 unspecified atom stereocenters. The molecule has 3 heteroatoms. The molecule has 1 heterocycles. The van der Waals surface area contributed by atoms with E-state index < -0.39 is 7.26 Å². The lowest BCUT2D eigenvalue weighted by molar-refractivity contribution is -0.00000463. The van der Waals surface area contributed by atoms with E-state index >= 15 is 0 Å². The highest BCUT2D eigenvalue weighted by Crippen LogP contribution is 2.55. The first-order valence-electron chi connectivity index (χ1n) is 8.29. The van der Waals surface area contributed by atoms with Crippen LogP contribution in [0.1, 0.15) is 19.8 Å². The molecule has 24 heavy (non-hydrogen) atoms. The zero-order chi connectivity index (χ0) is 16.0. The summed E-state index contributed by atoms with van der Waals surface area (Å²) in [6.07, 6.45) is 5.53. The van der Waals surface area contributed by atoms with E-state index in [1.807, 2.05) is 12.3 Å². The van der Waals surface area contributed by atoms with Crippen molar-refractivity contribution in [2.24, 2.45) is 0 Å². The van der Waals surface area contributed by atoms with Gasteiger partial charge in [0.2, 0.25) is 0 Å². The first-order chi connectivity index (χ1) is 11.4. The maximum atomic E-state index is 4.81. The third-order valence-corrected chi connectivity index (χ3v) is 8.67. The molecule has 0 radical (unpaired) electrons. The molecule has 0 fully saturated rings. The van der Waals surface area contributed by atoms with Gasteiger partial charge in [-0.25, -0.2) is 4.98 Å². The number of pyridine rings is 1. The molecular formula is C21H23INP. The summed E-state index contributed by atoms with van der Waals surface area (Å²) >= 11 is 0. The standard InChI is InChI=1S/C21H23NP.HI/c1-2-3-18-23(19-12-6-4-7-13-19,20-14-8-5-9-15-20)21-16-10-11-17-22-21;/h4-17H,2-3,18H2,1H3;1H/q+1;/p-1. The molecule has 0 amide bonds. The number of benzene rings is 2. The van der Waals surface area contributed by atoms with Gasteiger partial charge in [0.25, 0.3) is 0 Å². The lowest BCUT2D eigenvalue weighted by Crippen LogP contribution is -3.00. The van der Waals surface area contributed by atoms with Crippen molar-refractivity contribution in [3.05, 3.63) is 85.1 Å². The molecule has 1 nitrogen and oxygen atoms in total. The Bertz CT molecular complexity index is 620. The van der Waals surface area contributed by atoms with E-state index in [9.17, 15) is 0 Å². The zero-order valence-electron chi connectivity index (χ0n) is 14.0. The highest BCUT2D eigenvalue weighted by Gasteiger charge is 2.45. The third-order valence-electron chi connectivity index (χ3n) is 4.28. The zero-order valence-corrected chi connectivity index (χ0v) is 17.0. The van der Waals surface area contributed by atoms with Gasteiger partial charge in [0.15, 0.2) is 5.44 Å². The molecule has 1 aromatic heterocycles. The second-order valence-corrected chi connectivity index (χ2v) is 9.30. The Kier molecular flexibility index (Phi) is 7.39. The first kappa shape index (κ1) is 19.1. The maximum absolute atomic E-state index is 4.81. The Hall–Kier alpha value is -1.25. The lowest BCUT2D eigenvalue weighted by Gasteiger charge is -2.26. The normalized spacial score (nSPS) is 10.9. The number of unbranched alkanes of at least 4 members (excludes halogenated alkanes) is 1. The summed E-state index contributed by atoms with van der Waals surface area (Å²) in [5.74, 6) is 0. The highest BCUT2D eigenvalue weighted by atomic mass is 127. The van der Waals surface area contributed by atoms with E-state index in [1.165, 1.54) is 35.0 Å². The number of aromatic nitrogens is 1. The van der Waals surface area contributed by atoms with Crippen molar-refractivity contribution >= 4 is 23.3 Å². The number of hydrogen-bond acceptors (Lipinski definition) is 1. The molecule has 0 aliphatic rings. The summed E-state index contributed by atoms with van der Waals surface area (Å²) < 4.78 is 0. The minimum absolute atomic E-state index is 0. The summed E-state index contributed by atoms with van der Waals surface area (Å²) in [7, 11) is -1.68. The number of nitrogens with zero attached hydrogens (tertiary/aromatic N) is 1. The average Bonchev–Trinajstić information content (AvgIpc) is 2.65. The molecule has 0 saturated heterocycles. The molecule has 3 rings (SSSR count). The van der Waals surface area contributed by atoms with E-state index in [-0.39, 0.29) is 24.0 Å². The van der Waals surface area contributed by atoms with Gasteiger partial charge < -0.3 is 24.0 Å². The Morgan fingerprint density at radius 3 is 1.75 bits per heavy atom. The Balaban J connectivity index is 0.00000208. The second-order valence-electron chi connectivity index (χ2n) is 5.75. The fraction of sp³-hybridized carbons (Fsp3) is 0.190. The van der Waals surface area contributed by atoms with E-state index in [0.717, 1.165) is 0 Å². The predicted octanol–water partition coefficient (Wildman–Crippen LogP) is 1.18. The first-order valence-corrected chi connectivity index (χ1v) is 10.3. The molecule has 0 N–H and O–H groups in total. The van der Waals surface area contributed by atoms with Crippen molar-refractivity contribution in [3.63, 3.8) is 0 Å². The van der Waals surface area contributed by atoms with Crippen LogP contribution in [0.3, 0.4) is 0 Å². The number of rotatable bonds is 6. The molecule has 0 spiro atoms. The minimum Gasteiger partial charge on any atom is -1.00 e. The van der Waals surface area contributed by atoms with Crippen molar-refractivity contribution in [1.82, 2.24) is 4.98 Å². The monoisotopic (exact) mass is 447 g/mol. The van der Waals surface area contributed by atoms with Crippen LogP contribution >= 0.6 is 7.26 Å². The summed E-state index contributed by atoms with van der Waals surface area (Å²) in [4.78, 5) is 4.81. The number of hydrogen-bond donors (Lipinski definition) is 0. The van der Waals surface area contributed by atoms with Crippen LogP contribution in [0.4, 0.5) is 0 Å². The number of halogens is 1. The van der Waals surface area contributed by atoms with Crippen LogP contribution in [0.5, 0.6) is 0 Å². The molecule has 0 atom stereocenters. The Morgan fingerprint density at radius 2 is 1.29 bits per heavy atom. The predicted molar refractivity (Wildman–Crippen MR) is 103 cm³/mol. The Labute approximate surface area is 162 Å². The van der Waals surface area contributed by atoms with Gasteiger partial charge in [-0.1, -0.05) is 55.8 Å². The van der Waals surface area contributed by atoms with Crippen molar-refractivity contribution in [2.45, 2.75) is 19.8 Å². The van der Waals surface area contributed by atoms with Crippen LogP contribution in [-0.2, 0) is 0 Å². The van der Waals surface area contributed by atoms with Crippen molar-refractivity contribution in [3.8, 4) is 0 Å². The SMILES string of the molecule is CCCC[P+](c1ccccc1)(c1ccccc1)c1ccccn1.[I-]. The van der Waals surface area contributed by atoms with Gasteiger partial charge in [0, 0.05) is 12.3 Å². The molecule has 3 aromatic rings. The van der Waals surface area contributed by atoms with Crippen LogP contribution < -0.4 is 40.0 Å². The van der Waals surface area contributed by atoms with Crippen LogP contribution in [0.15, 0.2) is 85.1 Å². The van der Waals surface area contributed by atoms with Gasteiger partial charge >= 0.3 is 0 Å². The summed E-state index contributed by atoms with van der Waals surface area (Å²) in [6, 6.07) is 28.3. The van der Waals surface area contributed by atoms with E-state index in [2.05, 4.69) is 79.7 Å². The minimum atomic E-state index is -1.68. The molecule has 0 aliphatic heterocycles. The van der Waals surface area contributed by atoms with Gasteiger partial charge in [0.05, 0.1) is 6.16 Å². The summed E-state index contributed by atoms with van der Waals surface area (Å²) in [5, 5.41) is 2.86. The van der Waals surface area contributed by atoms with Crippen molar-refractivity contribution < 1.29 is 24.0 Å². The largest absolute Gasteiger partial charge is 1.00 e. The van der Waals surface area contributed by atoms with Gasteiger partial charge in [-0.2, -0.15) is 0 Å². The molecule has 0 aliphatic carbocycles. The lowest BCUT2D eigenvalue weighted by atomic mass is 10.4. The average molecular weight is 447 g/mol. The van der Waals surface area contributed by atoms with Crippen LogP contribution in [-0.4, -0.2) is 11.1 Å². The van der Waals surface area contributed by atoms with E-state index in [4.69, 9.17) is 4.98 Å². The van der Waals surface area contributed by atoms with Crippen LogP contribution in [0.25, 0.3) is 0 Å². The molecule has 2 aromatic carbocycles. The quantitative estimate of drug-likeness (QED) is 0.409. The summed E-state index contributed by atoms with van der Waals surface area (Å²) in [5.41, 5.74) is 1.24. The van der Waals surface area contributed by atoms with Gasteiger partial charge in [-0.3, -0.25) is 0 Å². The molecular weight excluding hydrogens is 424 g/mol. The van der Waals surface area contributed by atoms with Crippen LogP contribution in [0.2, 0.25) is 0 Å². The maximum Gasteiger partial charge on any atom is 0.192 e. The van der Waals surface area contributed by atoms with Gasteiger partial charge in [0.1, 0.15) is 17.9 Å². The fourth-order valence-corrected chi connectivity index (χ4v) is 7.46. The summed E-state index contributed by atoms with van der Waals surface area (Å²) in [6.45, 7) is 2.27. The van der Waals surface area contributed by atoms with Gasteiger partial charge in [-0.05, 0) is 36.8 Å². The fourth-order valence-electron chi connectivity index (χ4n) is 3.13. The topological polar surface area (TPSA) is 12.9 Å². The molecule has 0 bridgehead atoms. The second kappa shape index (κ2) is 9.29. The van der Waals surface area contributed by atoms with E-state index in [0.29, 0.717) is 0 Å². The van der Waals surface area contributed by atoms with Crippen molar-refractivity contribution in [1.29, 1.82) is 0 Å². The van der Waals surface area contributed by atoms with Gasteiger partial charge in [-0.15, -0.1) is 0 Å².